The topological polar surface area (TPSA) is 144 Å². The SMILES string of the molecule is CCN(CC)c1ccc(/N=N/c2snc3scc(Cl)c23)c(Nc2nc(Nc3cc(N(CC)CC)ccc3/N=N/c3snc4scc(Cl)c34)nc(SCc3ccccc3)n2)c1. The van der Waals surface area contributed by atoms with Gasteiger partial charge in [0, 0.05) is 54.1 Å². The minimum Gasteiger partial charge on any atom is -0.372 e. The van der Waals surface area contributed by atoms with Crippen molar-refractivity contribution in [1.29, 1.82) is 0 Å². The van der Waals surface area contributed by atoms with Crippen LogP contribution in [0.2, 0.25) is 10.0 Å². The Morgan fingerprint density at radius 3 is 1.57 bits per heavy atom. The molecule has 0 saturated carbocycles. The summed E-state index contributed by atoms with van der Waals surface area (Å²) in [5.74, 6) is 1.29. The van der Waals surface area contributed by atoms with Crippen molar-refractivity contribution in [2.24, 2.45) is 20.5 Å². The van der Waals surface area contributed by atoms with Gasteiger partial charge in [0.05, 0.1) is 32.2 Å². The highest BCUT2D eigenvalue weighted by Gasteiger charge is 2.18. The van der Waals surface area contributed by atoms with Crippen LogP contribution in [0.5, 0.6) is 0 Å². The van der Waals surface area contributed by atoms with Gasteiger partial charge in [-0.05, 0) is 92.7 Å². The van der Waals surface area contributed by atoms with Gasteiger partial charge in [0.1, 0.15) is 21.0 Å². The van der Waals surface area contributed by atoms with Gasteiger partial charge in [-0.2, -0.15) is 23.7 Å². The number of hydrogen-bond acceptors (Lipinski definition) is 18. The number of aromatic nitrogens is 5. The van der Waals surface area contributed by atoms with Crippen LogP contribution >= 0.6 is 80.7 Å². The quantitative estimate of drug-likeness (QED) is 0.0669. The van der Waals surface area contributed by atoms with Crippen LogP contribution in [0, 0.1) is 0 Å². The second kappa shape index (κ2) is 19.3. The summed E-state index contributed by atoms with van der Waals surface area (Å²) in [7, 11) is 0. The Hall–Kier alpha value is -4.82. The zero-order valence-electron chi connectivity index (χ0n) is 32.8. The van der Waals surface area contributed by atoms with E-state index in [1.165, 1.54) is 57.5 Å². The lowest BCUT2D eigenvalue weighted by atomic mass is 10.2. The lowest BCUT2D eigenvalue weighted by Crippen LogP contribution is -2.21. The van der Waals surface area contributed by atoms with E-state index in [9.17, 15) is 0 Å². The van der Waals surface area contributed by atoms with E-state index in [2.05, 4.69) is 79.2 Å². The number of nitrogens with zero attached hydrogens (tertiary/aromatic N) is 11. The van der Waals surface area contributed by atoms with E-state index >= 15 is 0 Å². The summed E-state index contributed by atoms with van der Waals surface area (Å²) in [6.45, 7) is 11.8. The molecule has 13 nitrogen and oxygen atoms in total. The minimum absolute atomic E-state index is 0.319. The molecule has 3 aromatic carbocycles. The van der Waals surface area contributed by atoms with Crippen LogP contribution in [0.3, 0.4) is 0 Å². The molecular weight excluding hydrogens is 894 g/mol. The van der Waals surface area contributed by atoms with Crippen molar-refractivity contribution in [3.63, 3.8) is 0 Å². The lowest BCUT2D eigenvalue weighted by Gasteiger charge is -2.22. The van der Waals surface area contributed by atoms with Gasteiger partial charge in [-0.25, -0.2) is 0 Å². The predicted octanol–water partition coefficient (Wildman–Crippen LogP) is 14.8. The lowest BCUT2D eigenvalue weighted by molar-refractivity contribution is 0.866. The summed E-state index contributed by atoms with van der Waals surface area (Å²) in [4.78, 5) is 20.9. The number of thiophene rings is 2. The van der Waals surface area contributed by atoms with Crippen LogP contribution in [-0.4, -0.2) is 49.9 Å². The van der Waals surface area contributed by atoms with Gasteiger partial charge in [-0.15, -0.1) is 43.1 Å². The molecule has 0 spiro atoms. The normalized spacial score (nSPS) is 11.8. The maximum atomic E-state index is 6.50. The third kappa shape index (κ3) is 9.39. The fourth-order valence-corrected chi connectivity index (χ4v) is 11.2. The fourth-order valence-electron chi connectivity index (χ4n) is 6.26. The molecule has 2 N–H and O–H groups in total. The first-order chi connectivity index (χ1) is 29.3. The Morgan fingerprint density at radius 2 is 1.10 bits per heavy atom. The molecule has 0 amide bonds. The number of anilines is 6. The Bertz CT molecular complexity index is 2630. The molecule has 8 aromatic rings. The van der Waals surface area contributed by atoms with Gasteiger partial charge in [-0.3, -0.25) is 0 Å². The molecule has 0 aliphatic rings. The molecule has 8 rings (SSSR count). The maximum Gasteiger partial charge on any atom is 0.233 e. The van der Waals surface area contributed by atoms with E-state index < -0.39 is 0 Å². The third-order valence-corrected chi connectivity index (χ3v) is 14.6. The van der Waals surface area contributed by atoms with Crippen molar-refractivity contribution in [2.75, 3.05) is 46.6 Å². The molecule has 0 atom stereocenters. The van der Waals surface area contributed by atoms with Crippen LogP contribution in [0.1, 0.15) is 33.3 Å². The Morgan fingerprint density at radius 1 is 0.617 bits per heavy atom. The maximum absolute atomic E-state index is 6.50. The van der Waals surface area contributed by atoms with Crippen molar-refractivity contribution in [2.45, 2.75) is 38.6 Å². The van der Waals surface area contributed by atoms with Crippen LogP contribution in [0.25, 0.3) is 20.4 Å². The van der Waals surface area contributed by atoms with Crippen LogP contribution in [0.15, 0.2) is 103 Å². The molecule has 5 heterocycles. The first-order valence-electron chi connectivity index (χ1n) is 19.0. The average molecular weight is 931 g/mol. The fraction of sp³-hybridized carbons (Fsp3) is 0.225. The van der Waals surface area contributed by atoms with Gasteiger partial charge < -0.3 is 20.4 Å². The molecule has 0 fully saturated rings. The molecule has 0 radical (unpaired) electrons. The van der Waals surface area contributed by atoms with Gasteiger partial charge in [0.25, 0.3) is 0 Å². The Balaban J connectivity index is 1.19. The molecule has 60 heavy (non-hydrogen) atoms. The number of hydrogen-bond donors (Lipinski definition) is 2. The highest BCUT2D eigenvalue weighted by Crippen LogP contribution is 2.43. The van der Waals surface area contributed by atoms with Crippen molar-refractivity contribution < 1.29 is 0 Å². The summed E-state index contributed by atoms with van der Waals surface area (Å²) >= 11 is 20.0. The first kappa shape index (κ1) is 41.9. The minimum atomic E-state index is 0.319. The molecule has 0 unspecified atom stereocenters. The number of fused-ring (bicyclic) bond motifs is 2. The number of azo groups is 2. The van der Waals surface area contributed by atoms with E-state index in [-0.39, 0.29) is 0 Å². The van der Waals surface area contributed by atoms with Crippen molar-refractivity contribution >= 4 is 157 Å². The number of halogens is 2. The molecule has 0 aliphatic heterocycles. The standard InChI is InChI=1S/C40H37Cl2N13S5/c1-5-54(6-2)24-14-16-28(48-50-34-32-26(41)21-56-36(32)52-59-34)30(18-24)43-38-45-39(47-40(46-38)58-20-23-12-10-9-11-13-23)44-31-19-25(55(7-3)8-4)15-17-29(31)49-51-35-33-27(42)22-57-37(33)53-60-35/h9-19,21-22H,5-8,20H2,1-4H3,(H2,43,44,45,46,47)/b50-48+,51-49+. The molecule has 5 aromatic heterocycles. The summed E-state index contributed by atoms with van der Waals surface area (Å²) in [6.07, 6.45) is 0. The van der Waals surface area contributed by atoms with Crippen LogP contribution in [-0.2, 0) is 5.75 Å². The van der Waals surface area contributed by atoms with Crippen molar-refractivity contribution in [3.05, 3.63) is 93.1 Å². The second-order valence-electron chi connectivity index (χ2n) is 12.9. The highest BCUT2D eigenvalue weighted by molar-refractivity contribution is 7.98. The zero-order valence-corrected chi connectivity index (χ0v) is 38.4. The third-order valence-electron chi connectivity index (χ3n) is 9.34. The molecule has 0 bridgehead atoms. The molecule has 0 aliphatic carbocycles. The van der Waals surface area contributed by atoms with E-state index in [1.807, 2.05) is 65.4 Å². The molecular formula is C40H37Cl2N13S5. The van der Waals surface area contributed by atoms with Crippen molar-refractivity contribution in [3.8, 4) is 0 Å². The Labute approximate surface area is 377 Å². The molecule has 0 saturated heterocycles. The highest BCUT2D eigenvalue weighted by atomic mass is 35.5. The number of thioether (sulfide) groups is 1. The van der Waals surface area contributed by atoms with Gasteiger partial charge in [0.2, 0.25) is 11.9 Å². The Kier molecular flexibility index (Phi) is 13.5. The van der Waals surface area contributed by atoms with E-state index in [1.54, 1.807) is 0 Å². The largest absolute Gasteiger partial charge is 0.372 e. The van der Waals surface area contributed by atoms with Crippen LogP contribution < -0.4 is 20.4 Å². The molecule has 306 valence electrons. The average Bonchev–Trinajstić information content (AvgIpc) is 4.06. The van der Waals surface area contributed by atoms with E-state index in [0.29, 0.717) is 65.6 Å². The smallest absolute Gasteiger partial charge is 0.233 e. The van der Waals surface area contributed by atoms with Gasteiger partial charge in [0.15, 0.2) is 15.2 Å². The number of benzene rings is 3. The first-order valence-corrected chi connectivity index (χ1v) is 24.0. The summed E-state index contributed by atoms with van der Waals surface area (Å²) in [5, 5.41) is 33.9. The van der Waals surface area contributed by atoms with Gasteiger partial charge >= 0.3 is 0 Å². The summed E-state index contributed by atoms with van der Waals surface area (Å²) in [5.41, 5.74) is 5.67. The number of nitrogens with one attached hydrogen (secondary N) is 2. The second-order valence-corrected chi connectivity index (χ2v) is 17.9. The summed E-state index contributed by atoms with van der Waals surface area (Å²) in [6, 6.07) is 22.2. The van der Waals surface area contributed by atoms with Crippen LogP contribution in [0.4, 0.5) is 56.0 Å². The summed E-state index contributed by atoms with van der Waals surface area (Å²) < 4.78 is 9.01. The van der Waals surface area contributed by atoms with Crippen molar-refractivity contribution in [1.82, 2.24) is 23.7 Å². The molecule has 20 heteroatoms. The van der Waals surface area contributed by atoms with E-state index in [0.717, 1.165) is 63.6 Å². The van der Waals surface area contributed by atoms with E-state index in [4.69, 9.17) is 48.4 Å². The monoisotopic (exact) mass is 929 g/mol. The number of rotatable bonds is 17. The van der Waals surface area contributed by atoms with Gasteiger partial charge in [-0.1, -0.05) is 65.3 Å². The predicted molar refractivity (Wildman–Crippen MR) is 256 cm³/mol. The zero-order chi connectivity index (χ0) is 41.6.